The van der Waals surface area contributed by atoms with Crippen molar-refractivity contribution in [1.29, 1.82) is 0 Å². The second-order valence-corrected chi connectivity index (χ2v) is 4.73. The lowest BCUT2D eigenvalue weighted by molar-refractivity contribution is 0.579. The van der Waals surface area contributed by atoms with Crippen LogP contribution in [0.5, 0.6) is 0 Å². The van der Waals surface area contributed by atoms with Gasteiger partial charge >= 0.3 is 0 Å². The van der Waals surface area contributed by atoms with E-state index in [1.807, 2.05) is 24.9 Å². The minimum Gasteiger partial charge on any atom is -0.305 e. The maximum Gasteiger partial charge on any atom is 0.0803 e. The summed E-state index contributed by atoms with van der Waals surface area (Å²) in [6.07, 6.45) is 6.33. The molecule has 0 bridgehead atoms. The first-order valence-electron chi connectivity index (χ1n) is 6.64. The molecule has 1 N–H and O–H groups in total. The number of hydrogen-bond donors (Lipinski definition) is 1. The lowest BCUT2D eigenvalue weighted by Crippen LogP contribution is -2.25. The molecule has 0 saturated heterocycles. The van der Waals surface area contributed by atoms with E-state index >= 15 is 0 Å². The Morgan fingerprint density at radius 1 is 1.32 bits per heavy atom. The summed E-state index contributed by atoms with van der Waals surface area (Å²) in [5.41, 5.74) is 4.35. The summed E-state index contributed by atoms with van der Waals surface area (Å²) in [4.78, 5) is 8.61. The van der Waals surface area contributed by atoms with Gasteiger partial charge in [0.1, 0.15) is 0 Å². The maximum atomic E-state index is 4.49. The number of hydrogen-bond acceptors (Lipinski definition) is 4. The molecule has 0 fully saturated rings. The van der Waals surface area contributed by atoms with E-state index < -0.39 is 0 Å². The summed E-state index contributed by atoms with van der Waals surface area (Å²) < 4.78 is 1.92. The minimum absolute atomic E-state index is 0.0577. The molecule has 0 saturated carbocycles. The summed E-state index contributed by atoms with van der Waals surface area (Å²) in [5.74, 6) is 0. The van der Waals surface area contributed by atoms with Gasteiger partial charge in [0.05, 0.1) is 23.6 Å². The molecule has 0 aliphatic carbocycles. The van der Waals surface area contributed by atoms with Crippen molar-refractivity contribution >= 4 is 0 Å². The fraction of sp³-hybridized carbons (Fsp3) is 0.500. The molecule has 2 aromatic rings. The van der Waals surface area contributed by atoms with Crippen molar-refractivity contribution in [3.8, 4) is 0 Å². The standard InChI is InChI=1S/C14H21N5/c1-5-6-17-14(12-9-15-7-8-16-12)13-10(2)18-19(4)11(13)3/h7-9,14,17H,5-6H2,1-4H3. The Labute approximate surface area is 114 Å². The van der Waals surface area contributed by atoms with E-state index in [1.54, 1.807) is 12.4 Å². The lowest BCUT2D eigenvalue weighted by Gasteiger charge is -2.18. The zero-order chi connectivity index (χ0) is 13.8. The van der Waals surface area contributed by atoms with Crippen LogP contribution in [0.15, 0.2) is 18.6 Å². The van der Waals surface area contributed by atoms with Crippen LogP contribution < -0.4 is 5.32 Å². The van der Waals surface area contributed by atoms with Gasteiger partial charge in [-0.2, -0.15) is 5.10 Å². The second kappa shape index (κ2) is 5.93. The fourth-order valence-corrected chi connectivity index (χ4v) is 2.31. The van der Waals surface area contributed by atoms with E-state index in [2.05, 4.69) is 34.2 Å². The molecule has 0 radical (unpaired) electrons. The van der Waals surface area contributed by atoms with Gasteiger partial charge in [0.2, 0.25) is 0 Å². The van der Waals surface area contributed by atoms with E-state index in [0.717, 1.165) is 30.0 Å². The Hall–Kier alpha value is -1.75. The summed E-state index contributed by atoms with van der Waals surface area (Å²) in [7, 11) is 1.97. The Morgan fingerprint density at radius 2 is 2.11 bits per heavy atom. The normalized spacial score (nSPS) is 12.6. The van der Waals surface area contributed by atoms with Crippen molar-refractivity contribution in [2.75, 3.05) is 6.54 Å². The van der Waals surface area contributed by atoms with Gasteiger partial charge in [-0.25, -0.2) is 0 Å². The number of nitrogens with zero attached hydrogens (tertiary/aromatic N) is 4. The van der Waals surface area contributed by atoms with Crippen molar-refractivity contribution in [3.63, 3.8) is 0 Å². The first kappa shape index (κ1) is 13.7. The van der Waals surface area contributed by atoms with Crippen LogP contribution in [0.1, 0.15) is 42.0 Å². The number of nitrogens with one attached hydrogen (secondary N) is 1. The van der Waals surface area contributed by atoms with Crippen LogP contribution in [-0.4, -0.2) is 26.3 Å². The summed E-state index contributed by atoms with van der Waals surface area (Å²) in [6.45, 7) is 7.23. The van der Waals surface area contributed by atoms with Crippen molar-refractivity contribution in [3.05, 3.63) is 41.2 Å². The zero-order valence-electron chi connectivity index (χ0n) is 12.0. The lowest BCUT2D eigenvalue weighted by atomic mass is 10.0. The van der Waals surface area contributed by atoms with Gasteiger partial charge in [0.25, 0.3) is 0 Å². The van der Waals surface area contributed by atoms with Gasteiger partial charge in [-0.05, 0) is 26.8 Å². The Balaban J connectivity index is 2.43. The highest BCUT2D eigenvalue weighted by atomic mass is 15.3. The van der Waals surface area contributed by atoms with Crippen molar-refractivity contribution in [2.24, 2.45) is 7.05 Å². The first-order chi connectivity index (χ1) is 9.15. The topological polar surface area (TPSA) is 55.6 Å². The minimum atomic E-state index is 0.0577. The smallest absolute Gasteiger partial charge is 0.0803 e. The molecule has 0 aromatic carbocycles. The third-order valence-corrected chi connectivity index (χ3v) is 3.33. The van der Waals surface area contributed by atoms with Crippen LogP contribution in [-0.2, 0) is 7.05 Å². The number of aromatic nitrogens is 4. The van der Waals surface area contributed by atoms with Crippen LogP contribution in [0.3, 0.4) is 0 Å². The Morgan fingerprint density at radius 3 is 2.63 bits per heavy atom. The van der Waals surface area contributed by atoms with Gasteiger partial charge < -0.3 is 5.32 Å². The predicted octanol–water partition coefficient (Wildman–Crippen LogP) is 1.92. The average Bonchev–Trinajstić information content (AvgIpc) is 2.67. The van der Waals surface area contributed by atoms with Crippen molar-refractivity contribution < 1.29 is 0 Å². The second-order valence-electron chi connectivity index (χ2n) is 4.73. The van der Waals surface area contributed by atoms with Crippen LogP contribution in [0, 0.1) is 13.8 Å². The first-order valence-corrected chi connectivity index (χ1v) is 6.64. The Bertz CT molecular complexity index is 532. The van der Waals surface area contributed by atoms with Crippen molar-refractivity contribution in [2.45, 2.75) is 33.2 Å². The molecule has 0 spiro atoms. The summed E-state index contributed by atoms with van der Waals surface area (Å²) in [5, 5.41) is 8.03. The van der Waals surface area contributed by atoms with Crippen LogP contribution in [0.2, 0.25) is 0 Å². The highest BCUT2D eigenvalue weighted by molar-refractivity contribution is 5.33. The maximum absolute atomic E-state index is 4.49. The van der Waals surface area contributed by atoms with Gasteiger partial charge in [0.15, 0.2) is 0 Å². The van der Waals surface area contributed by atoms with E-state index in [0.29, 0.717) is 0 Å². The molecule has 0 amide bonds. The molecule has 2 aromatic heterocycles. The van der Waals surface area contributed by atoms with Gasteiger partial charge in [0, 0.05) is 30.7 Å². The fourth-order valence-electron chi connectivity index (χ4n) is 2.31. The molecule has 2 heterocycles. The molecule has 5 heteroatoms. The molecule has 0 aliphatic rings. The molecule has 19 heavy (non-hydrogen) atoms. The van der Waals surface area contributed by atoms with Gasteiger partial charge in [-0.1, -0.05) is 6.92 Å². The predicted molar refractivity (Wildman–Crippen MR) is 74.9 cm³/mol. The average molecular weight is 259 g/mol. The third-order valence-electron chi connectivity index (χ3n) is 3.33. The van der Waals surface area contributed by atoms with E-state index in [1.165, 1.54) is 5.56 Å². The highest BCUT2D eigenvalue weighted by Crippen LogP contribution is 2.25. The summed E-state index contributed by atoms with van der Waals surface area (Å²) >= 11 is 0. The van der Waals surface area contributed by atoms with Crippen LogP contribution in [0.25, 0.3) is 0 Å². The largest absolute Gasteiger partial charge is 0.305 e. The molecule has 1 atom stereocenters. The number of rotatable bonds is 5. The third kappa shape index (κ3) is 2.81. The summed E-state index contributed by atoms with van der Waals surface area (Å²) in [6, 6.07) is 0.0577. The Kier molecular flexibility index (Phi) is 4.27. The molecule has 5 nitrogen and oxygen atoms in total. The van der Waals surface area contributed by atoms with Crippen LogP contribution in [0.4, 0.5) is 0 Å². The van der Waals surface area contributed by atoms with E-state index in [4.69, 9.17) is 0 Å². The van der Waals surface area contributed by atoms with E-state index in [9.17, 15) is 0 Å². The van der Waals surface area contributed by atoms with E-state index in [-0.39, 0.29) is 6.04 Å². The molecule has 102 valence electrons. The van der Waals surface area contributed by atoms with Crippen molar-refractivity contribution in [1.82, 2.24) is 25.1 Å². The van der Waals surface area contributed by atoms with Gasteiger partial charge in [-0.3, -0.25) is 14.6 Å². The molecule has 0 aliphatic heterocycles. The monoisotopic (exact) mass is 259 g/mol. The molecular weight excluding hydrogens is 238 g/mol. The SMILES string of the molecule is CCCNC(c1cnccn1)c1c(C)nn(C)c1C. The zero-order valence-corrected chi connectivity index (χ0v) is 12.0. The number of aryl methyl sites for hydroxylation is 2. The van der Waals surface area contributed by atoms with Crippen LogP contribution >= 0.6 is 0 Å². The molecular formula is C14H21N5. The van der Waals surface area contributed by atoms with Gasteiger partial charge in [-0.15, -0.1) is 0 Å². The molecule has 2 rings (SSSR count). The molecule has 1 unspecified atom stereocenters. The quantitative estimate of drug-likeness (QED) is 0.891. The highest BCUT2D eigenvalue weighted by Gasteiger charge is 2.22.